The lowest BCUT2D eigenvalue weighted by atomic mass is 10.1. The molecule has 27 heavy (non-hydrogen) atoms. The first-order valence-corrected chi connectivity index (χ1v) is 8.23. The maximum Gasteiger partial charge on any atom is 0.276 e. The second-order valence-electron chi connectivity index (χ2n) is 5.53. The molecule has 0 spiro atoms. The van der Waals surface area contributed by atoms with Crippen LogP contribution in [0.1, 0.15) is 22.3 Å². The van der Waals surface area contributed by atoms with E-state index in [2.05, 4.69) is 10.6 Å². The second-order valence-corrected chi connectivity index (χ2v) is 5.53. The number of nitrogens with zero attached hydrogens (tertiary/aromatic N) is 1. The lowest BCUT2D eigenvalue weighted by Crippen LogP contribution is -2.35. The van der Waals surface area contributed by atoms with Crippen LogP contribution in [0.25, 0.3) is 6.08 Å². The predicted molar refractivity (Wildman–Crippen MR) is 99.7 cm³/mol. The number of nitro benzene ring substituents is 1. The number of hydrogen-bond acceptors (Lipinski definition) is 5. The van der Waals surface area contributed by atoms with E-state index >= 15 is 0 Å². The summed E-state index contributed by atoms with van der Waals surface area (Å²) < 4.78 is 0. The van der Waals surface area contributed by atoms with Gasteiger partial charge in [0.2, 0.25) is 0 Å². The quantitative estimate of drug-likeness (QED) is 0.284. The Bertz CT molecular complexity index is 849. The van der Waals surface area contributed by atoms with Crippen molar-refractivity contribution in [3.8, 4) is 0 Å². The van der Waals surface area contributed by atoms with Crippen molar-refractivity contribution in [2.24, 2.45) is 0 Å². The van der Waals surface area contributed by atoms with Gasteiger partial charge in [-0.3, -0.25) is 19.7 Å². The van der Waals surface area contributed by atoms with Gasteiger partial charge in [-0.05, 0) is 30.7 Å². The molecule has 0 atom stereocenters. The van der Waals surface area contributed by atoms with E-state index < -0.39 is 16.7 Å². The molecule has 2 aromatic rings. The third kappa shape index (κ3) is 5.75. The van der Waals surface area contributed by atoms with Crippen LogP contribution in [0.5, 0.6) is 0 Å². The van der Waals surface area contributed by atoms with Crippen molar-refractivity contribution in [3.05, 3.63) is 81.5 Å². The fourth-order valence-corrected chi connectivity index (χ4v) is 2.25. The highest BCUT2D eigenvalue weighted by molar-refractivity contribution is 6.05. The number of hydrogen-bond donors (Lipinski definition) is 3. The Morgan fingerprint density at radius 2 is 1.74 bits per heavy atom. The Morgan fingerprint density at radius 3 is 2.41 bits per heavy atom. The third-order valence-corrected chi connectivity index (χ3v) is 3.58. The van der Waals surface area contributed by atoms with E-state index in [4.69, 9.17) is 5.11 Å². The van der Waals surface area contributed by atoms with Gasteiger partial charge < -0.3 is 15.7 Å². The van der Waals surface area contributed by atoms with Crippen molar-refractivity contribution in [3.63, 3.8) is 0 Å². The minimum atomic E-state index is -0.606. The van der Waals surface area contributed by atoms with Gasteiger partial charge in [-0.25, -0.2) is 0 Å². The molecule has 0 saturated heterocycles. The molecule has 2 rings (SSSR count). The van der Waals surface area contributed by atoms with Crippen LogP contribution in [0.2, 0.25) is 0 Å². The van der Waals surface area contributed by atoms with Gasteiger partial charge in [0.15, 0.2) is 0 Å². The largest absolute Gasteiger partial charge is 0.396 e. The van der Waals surface area contributed by atoms with E-state index in [1.54, 1.807) is 36.4 Å². The highest BCUT2D eigenvalue weighted by Gasteiger charge is 2.17. The van der Waals surface area contributed by atoms with Crippen molar-refractivity contribution in [2.45, 2.75) is 6.42 Å². The zero-order chi connectivity index (χ0) is 19.6. The summed E-state index contributed by atoms with van der Waals surface area (Å²) in [4.78, 5) is 35.4. The number of amides is 2. The first-order valence-electron chi connectivity index (χ1n) is 8.23. The lowest BCUT2D eigenvalue weighted by molar-refractivity contribution is -0.385. The van der Waals surface area contributed by atoms with E-state index in [1.807, 2.05) is 0 Å². The van der Waals surface area contributed by atoms with Gasteiger partial charge in [0.1, 0.15) is 5.70 Å². The van der Waals surface area contributed by atoms with Gasteiger partial charge >= 0.3 is 0 Å². The maximum atomic E-state index is 12.4. The lowest BCUT2D eigenvalue weighted by Gasteiger charge is -2.11. The predicted octanol–water partition coefficient (Wildman–Crippen LogP) is 1.86. The van der Waals surface area contributed by atoms with Gasteiger partial charge in [0.05, 0.1) is 10.5 Å². The van der Waals surface area contributed by atoms with E-state index in [0.29, 0.717) is 12.0 Å². The topological polar surface area (TPSA) is 122 Å². The van der Waals surface area contributed by atoms with Gasteiger partial charge in [-0.15, -0.1) is 0 Å². The van der Waals surface area contributed by atoms with E-state index in [0.717, 1.165) is 0 Å². The molecule has 0 fully saturated rings. The summed E-state index contributed by atoms with van der Waals surface area (Å²) in [5.41, 5.74) is 0.209. The van der Waals surface area contributed by atoms with Crippen molar-refractivity contribution < 1.29 is 19.6 Å². The SMILES string of the molecule is O=C(NCCCO)/C(=C\c1ccccc1[N+](=O)[O-])NC(=O)c1ccccc1. The normalized spacial score (nSPS) is 10.9. The standard InChI is InChI=1S/C19H19N3O5/c23-12-6-11-20-19(25)16(21-18(24)14-7-2-1-3-8-14)13-15-9-4-5-10-17(15)22(26)27/h1-5,7-10,13,23H,6,11-12H2,(H,20,25)(H,21,24)/b16-13+. The van der Waals surface area contributed by atoms with Gasteiger partial charge in [0.25, 0.3) is 17.5 Å². The summed E-state index contributed by atoms with van der Waals surface area (Å²) in [5, 5.41) is 25.1. The molecule has 0 unspecified atom stereocenters. The first-order chi connectivity index (χ1) is 13.0. The van der Waals surface area contributed by atoms with Crippen LogP contribution >= 0.6 is 0 Å². The third-order valence-electron chi connectivity index (χ3n) is 3.58. The number of carbonyl (C=O) groups excluding carboxylic acids is 2. The van der Waals surface area contributed by atoms with Crippen LogP contribution in [0.4, 0.5) is 5.69 Å². The summed E-state index contributed by atoms with van der Waals surface area (Å²) in [6.45, 7) is 0.102. The Kier molecular flexibility index (Phi) is 7.21. The summed E-state index contributed by atoms with van der Waals surface area (Å²) in [6.07, 6.45) is 1.60. The highest BCUT2D eigenvalue weighted by atomic mass is 16.6. The minimum absolute atomic E-state index is 0.0974. The van der Waals surface area contributed by atoms with Crippen LogP contribution in [0.3, 0.4) is 0 Å². The summed E-state index contributed by atoms with van der Waals surface area (Å²) in [7, 11) is 0. The van der Waals surface area contributed by atoms with Crippen LogP contribution in [-0.2, 0) is 4.79 Å². The summed E-state index contributed by atoms with van der Waals surface area (Å²) in [5.74, 6) is -1.12. The van der Waals surface area contributed by atoms with E-state index in [9.17, 15) is 19.7 Å². The molecule has 2 aromatic carbocycles. The molecule has 0 saturated carbocycles. The van der Waals surface area contributed by atoms with Crippen molar-refractivity contribution in [2.75, 3.05) is 13.2 Å². The average molecular weight is 369 g/mol. The molecule has 8 heteroatoms. The number of nitrogens with one attached hydrogen (secondary N) is 2. The average Bonchev–Trinajstić information content (AvgIpc) is 2.68. The highest BCUT2D eigenvalue weighted by Crippen LogP contribution is 2.20. The Labute approximate surface area is 155 Å². The minimum Gasteiger partial charge on any atom is -0.396 e. The number of nitro groups is 1. The summed E-state index contributed by atoms with van der Waals surface area (Å²) in [6, 6.07) is 14.2. The molecular formula is C19H19N3O5. The van der Waals surface area contributed by atoms with Crippen molar-refractivity contribution in [1.82, 2.24) is 10.6 Å². The number of aliphatic hydroxyl groups excluding tert-OH is 1. The zero-order valence-electron chi connectivity index (χ0n) is 14.4. The molecule has 0 aliphatic heterocycles. The number of rotatable bonds is 8. The van der Waals surface area contributed by atoms with Crippen molar-refractivity contribution >= 4 is 23.6 Å². The Hall–Kier alpha value is -3.52. The fourth-order valence-electron chi connectivity index (χ4n) is 2.25. The zero-order valence-corrected chi connectivity index (χ0v) is 14.4. The van der Waals surface area contributed by atoms with Crippen LogP contribution in [-0.4, -0.2) is 35.0 Å². The van der Waals surface area contributed by atoms with Crippen molar-refractivity contribution in [1.29, 1.82) is 0 Å². The van der Waals surface area contributed by atoms with Crippen LogP contribution in [0, 0.1) is 10.1 Å². The molecule has 2 amide bonds. The van der Waals surface area contributed by atoms with Crippen LogP contribution < -0.4 is 10.6 Å². The molecular weight excluding hydrogens is 350 g/mol. The summed E-state index contributed by atoms with van der Waals surface area (Å²) >= 11 is 0. The molecule has 0 bridgehead atoms. The van der Waals surface area contributed by atoms with Crippen LogP contribution in [0.15, 0.2) is 60.3 Å². The van der Waals surface area contributed by atoms with Gasteiger partial charge in [-0.1, -0.05) is 30.3 Å². The Balaban J connectivity index is 2.33. The Morgan fingerprint density at radius 1 is 1.07 bits per heavy atom. The molecule has 8 nitrogen and oxygen atoms in total. The molecule has 140 valence electrons. The first kappa shape index (κ1) is 19.8. The van der Waals surface area contributed by atoms with Gasteiger partial charge in [-0.2, -0.15) is 0 Å². The molecule has 3 N–H and O–H groups in total. The molecule has 0 radical (unpaired) electrons. The number of aliphatic hydroxyl groups is 1. The van der Waals surface area contributed by atoms with Gasteiger partial charge in [0, 0.05) is 24.8 Å². The molecule has 0 aromatic heterocycles. The number of benzene rings is 2. The molecule has 0 heterocycles. The fraction of sp³-hybridized carbons (Fsp3) is 0.158. The number of para-hydroxylation sites is 1. The van der Waals surface area contributed by atoms with E-state index in [-0.39, 0.29) is 30.1 Å². The molecule has 0 aliphatic carbocycles. The van der Waals surface area contributed by atoms with E-state index in [1.165, 1.54) is 24.3 Å². The second kappa shape index (κ2) is 9.83. The molecule has 0 aliphatic rings. The smallest absolute Gasteiger partial charge is 0.276 e. The monoisotopic (exact) mass is 369 g/mol. The maximum absolute atomic E-state index is 12.4. The number of carbonyl (C=O) groups is 2.